The van der Waals surface area contributed by atoms with Crippen LogP contribution in [0.4, 0.5) is 5.69 Å². The first-order valence-corrected chi connectivity index (χ1v) is 10.9. The van der Waals surface area contributed by atoms with Crippen LogP contribution < -0.4 is 10.5 Å². The molecule has 4 aromatic rings. The maximum absolute atomic E-state index is 12.7. The van der Waals surface area contributed by atoms with Crippen molar-refractivity contribution in [3.8, 4) is 16.9 Å². The van der Waals surface area contributed by atoms with Crippen molar-refractivity contribution >= 4 is 28.5 Å². The molecule has 3 aromatic carbocycles. The molecule has 0 atom stereocenters. The summed E-state index contributed by atoms with van der Waals surface area (Å²) >= 11 is 0. The van der Waals surface area contributed by atoms with E-state index in [9.17, 15) is 14.7 Å². The number of phenolic OH excluding ortho intramolecular Hbond substituents is 1. The Kier molecular flexibility index (Phi) is 6.41. The lowest BCUT2D eigenvalue weighted by Gasteiger charge is -2.21. The third-order valence-corrected chi connectivity index (χ3v) is 5.67. The van der Waals surface area contributed by atoms with Crippen LogP contribution in [0, 0.1) is 0 Å². The van der Waals surface area contributed by atoms with Crippen LogP contribution in [0.3, 0.4) is 0 Å². The maximum atomic E-state index is 12.7. The Bertz CT molecular complexity index is 1380. The minimum absolute atomic E-state index is 0.0465. The van der Waals surface area contributed by atoms with Gasteiger partial charge in [0.15, 0.2) is 5.78 Å². The van der Waals surface area contributed by atoms with Crippen LogP contribution in [-0.4, -0.2) is 24.0 Å². The third kappa shape index (κ3) is 4.72. The molecule has 0 saturated carbocycles. The molecule has 0 aliphatic rings. The average molecular weight is 440 g/mol. The van der Waals surface area contributed by atoms with E-state index in [1.165, 1.54) is 12.1 Å². The monoisotopic (exact) mass is 439 g/mol. The fourth-order valence-corrected chi connectivity index (χ4v) is 3.80. The molecule has 0 radical (unpaired) electrons. The largest absolute Gasteiger partial charge is 0.507 e. The quantitative estimate of drug-likeness (QED) is 0.220. The predicted molar refractivity (Wildman–Crippen MR) is 133 cm³/mol. The molecule has 0 fully saturated rings. The number of hydrogen-bond donors (Lipinski definition) is 1. The van der Waals surface area contributed by atoms with E-state index in [2.05, 4.69) is 18.7 Å². The molecule has 1 heterocycles. The number of benzene rings is 3. The van der Waals surface area contributed by atoms with Crippen molar-refractivity contribution in [1.82, 2.24) is 0 Å². The van der Waals surface area contributed by atoms with E-state index < -0.39 is 5.63 Å². The van der Waals surface area contributed by atoms with E-state index in [0.717, 1.165) is 35.3 Å². The van der Waals surface area contributed by atoms with Gasteiger partial charge in [-0.1, -0.05) is 42.5 Å². The summed E-state index contributed by atoms with van der Waals surface area (Å²) < 4.78 is 5.63. The van der Waals surface area contributed by atoms with E-state index in [-0.39, 0.29) is 17.1 Å². The molecule has 1 aromatic heterocycles. The first kappa shape index (κ1) is 22.1. The summed E-state index contributed by atoms with van der Waals surface area (Å²) in [6.07, 6.45) is 3.10. The third-order valence-electron chi connectivity index (χ3n) is 5.67. The van der Waals surface area contributed by atoms with Gasteiger partial charge >= 0.3 is 5.63 Å². The number of nitrogens with zero attached hydrogens (tertiary/aromatic N) is 1. The van der Waals surface area contributed by atoms with Crippen LogP contribution >= 0.6 is 0 Å². The summed E-state index contributed by atoms with van der Waals surface area (Å²) in [6.45, 7) is 5.94. The number of rotatable bonds is 7. The highest BCUT2D eigenvalue weighted by molar-refractivity contribution is 6.08. The second-order valence-corrected chi connectivity index (χ2v) is 7.68. The zero-order valence-electron chi connectivity index (χ0n) is 18.6. The van der Waals surface area contributed by atoms with Gasteiger partial charge < -0.3 is 14.4 Å². The minimum Gasteiger partial charge on any atom is -0.507 e. The lowest BCUT2D eigenvalue weighted by Crippen LogP contribution is -2.21. The van der Waals surface area contributed by atoms with Gasteiger partial charge in [0.25, 0.3) is 0 Å². The fraction of sp³-hybridized carbons (Fsp3) is 0.143. The Morgan fingerprint density at radius 2 is 1.70 bits per heavy atom. The number of carbonyl (C=O) groups excluding carboxylic acids is 1. The van der Waals surface area contributed by atoms with Crippen molar-refractivity contribution in [2.24, 2.45) is 0 Å². The molecule has 0 spiro atoms. The van der Waals surface area contributed by atoms with Crippen LogP contribution in [0.2, 0.25) is 0 Å². The molecule has 0 aliphatic carbocycles. The van der Waals surface area contributed by atoms with Gasteiger partial charge in [-0.3, -0.25) is 4.79 Å². The molecule has 33 heavy (non-hydrogen) atoms. The summed E-state index contributed by atoms with van der Waals surface area (Å²) in [7, 11) is 0. The second kappa shape index (κ2) is 9.57. The molecular formula is C28H25NO4. The van der Waals surface area contributed by atoms with Crippen LogP contribution in [0.5, 0.6) is 5.75 Å². The number of fused-ring (bicyclic) bond motifs is 1. The number of anilines is 1. The molecule has 1 N–H and O–H groups in total. The molecule has 0 bridgehead atoms. The van der Waals surface area contributed by atoms with Crippen molar-refractivity contribution in [3.05, 3.63) is 100 Å². The number of para-hydroxylation sites is 1. The normalized spacial score (nSPS) is 11.2. The summed E-state index contributed by atoms with van der Waals surface area (Å²) in [4.78, 5) is 27.2. The highest BCUT2D eigenvalue weighted by atomic mass is 16.4. The summed E-state index contributed by atoms with van der Waals surface area (Å²) in [5.41, 5.74) is 3.48. The van der Waals surface area contributed by atoms with Gasteiger partial charge in [0, 0.05) is 30.2 Å². The van der Waals surface area contributed by atoms with E-state index >= 15 is 0 Å². The summed E-state index contributed by atoms with van der Waals surface area (Å²) in [5.74, 6) is -0.328. The zero-order chi connectivity index (χ0) is 23.4. The Morgan fingerprint density at radius 3 is 2.39 bits per heavy atom. The summed E-state index contributed by atoms with van der Waals surface area (Å²) in [5, 5.41) is 10.7. The minimum atomic E-state index is -0.391. The molecule has 166 valence electrons. The maximum Gasteiger partial charge on any atom is 0.344 e. The van der Waals surface area contributed by atoms with Crippen LogP contribution in [-0.2, 0) is 0 Å². The Morgan fingerprint density at radius 1 is 0.970 bits per heavy atom. The zero-order valence-corrected chi connectivity index (χ0v) is 18.6. The van der Waals surface area contributed by atoms with Gasteiger partial charge in [-0.2, -0.15) is 0 Å². The van der Waals surface area contributed by atoms with Crippen molar-refractivity contribution < 1.29 is 14.3 Å². The van der Waals surface area contributed by atoms with Gasteiger partial charge in [0.2, 0.25) is 0 Å². The number of carbonyl (C=O) groups is 1. The first-order chi connectivity index (χ1) is 16.0. The van der Waals surface area contributed by atoms with Crippen LogP contribution in [0.25, 0.3) is 28.2 Å². The second-order valence-electron chi connectivity index (χ2n) is 7.68. The van der Waals surface area contributed by atoms with Gasteiger partial charge in [-0.25, -0.2) is 4.79 Å². The Hall–Kier alpha value is -4.12. The highest BCUT2D eigenvalue weighted by Crippen LogP contribution is 2.26. The van der Waals surface area contributed by atoms with E-state index in [0.29, 0.717) is 11.1 Å². The molecule has 5 nitrogen and oxygen atoms in total. The number of aromatic hydroxyl groups is 1. The average Bonchev–Trinajstić information content (AvgIpc) is 2.83. The molecule has 4 rings (SSSR count). The smallest absolute Gasteiger partial charge is 0.344 e. The van der Waals surface area contributed by atoms with Gasteiger partial charge in [0.05, 0.1) is 11.1 Å². The first-order valence-electron chi connectivity index (χ1n) is 10.9. The van der Waals surface area contributed by atoms with Crippen molar-refractivity contribution in [2.45, 2.75) is 13.8 Å². The SMILES string of the molecule is CCN(CC)c1ccc2cc(-c3ccc(/C=C/C(=O)c4ccccc4O)cc3)c(=O)oc2c1. The Labute approximate surface area is 192 Å². The highest BCUT2D eigenvalue weighted by Gasteiger charge is 2.11. The fourth-order valence-electron chi connectivity index (χ4n) is 3.80. The van der Waals surface area contributed by atoms with Crippen molar-refractivity contribution in [3.63, 3.8) is 0 Å². The van der Waals surface area contributed by atoms with E-state index in [1.807, 2.05) is 48.5 Å². The topological polar surface area (TPSA) is 70.8 Å². The predicted octanol–water partition coefficient (Wildman–Crippen LogP) is 5.91. The summed E-state index contributed by atoms with van der Waals surface area (Å²) in [6, 6.07) is 21.5. The van der Waals surface area contributed by atoms with Crippen LogP contribution in [0.1, 0.15) is 29.8 Å². The van der Waals surface area contributed by atoms with E-state index in [4.69, 9.17) is 4.42 Å². The molecule has 0 aliphatic heterocycles. The lowest BCUT2D eigenvalue weighted by molar-refractivity contribution is 0.104. The van der Waals surface area contributed by atoms with Gasteiger partial charge in [-0.15, -0.1) is 0 Å². The number of ketones is 1. The van der Waals surface area contributed by atoms with Crippen molar-refractivity contribution in [2.75, 3.05) is 18.0 Å². The number of allylic oxidation sites excluding steroid dienone is 1. The molecule has 0 saturated heterocycles. The molecular weight excluding hydrogens is 414 g/mol. The molecule has 0 unspecified atom stereocenters. The van der Waals surface area contributed by atoms with Crippen molar-refractivity contribution in [1.29, 1.82) is 0 Å². The Balaban J connectivity index is 1.58. The van der Waals surface area contributed by atoms with Gasteiger partial charge in [-0.05, 0) is 61.4 Å². The standard InChI is InChI=1S/C28H25NO4/c1-3-29(4-2)22-15-14-21-17-24(28(32)33-27(21)18-22)20-12-9-19(10-13-20)11-16-26(31)23-7-5-6-8-25(23)30/h5-18,30H,3-4H2,1-2H3/b16-11+. The molecule has 0 amide bonds. The lowest BCUT2D eigenvalue weighted by atomic mass is 10.0. The molecule has 5 heteroatoms. The number of phenols is 1. The van der Waals surface area contributed by atoms with Gasteiger partial charge in [0.1, 0.15) is 11.3 Å². The van der Waals surface area contributed by atoms with Crippen LogP contribution in [0.15, 0.2) is 88.1 Å². The van der Waals surface area contributed by atoms with E-state index in [1.54, 1.807) is 24.3 Å². The number of hydrogen-bond acceptors (Lipinski definition) is 5.